The van der Waals surface area contributed by atoms with E-state index in [9.17, 15) is 4.79 Å². The van der Waals surface area contributed by atoms with Crippen molar-refractivity contribution in [3.8, 4) is 0 Å². The van der Waals surface area contributed by atoms with Crippen LogP contribution in [0.1, 0.15) is 33.5 Å². The maximum atomic E-state index is 13.8. The molecule has 5 heteroatoms. The molecular weight excluding hydrogens is 432 g/mol. The predicted octanol–water partition coefficient (Wildman–Crippen LogP) is 5.37. The molecule has 0 spiro atoms. The standard InChI is InChI=1S/C30H32N4O/c1-22-14-15-27(18-23(22)2)33-20-32(17-16-25-10-6-4-7-11-25)21-34-29(35)28(24(3)31-30(33)34)19-26-12-8-5-9-13-26/h4-15,18H,16-17,19-21H2,1-3H3. The second kappa shape index (κ2) is 9.88. The fraction of sp³-hybridized carbons (Fsp3) is 0.267. The summed E-state index contributed by atoms with van der Waals surface area (Å²) in [5.74, 6) is 0.725. The van der Waals surface area contributed by atoms with Gasteiger partial charge in [0, 0.05) is 24.2 Å². The molecule has 0 amide bonds. The van der Waals surface area contributed by atoms with Gasteiger partial charge in [-0.25, -0.2) is 4.98 Å². The highest BCUT2D eigenvalue weighted by atomic mass is 16.1. The van der Waals surface area contributed by atoms with Crippen LogP contribution >= 0.6 is 0 Å². The van der Waals surface area contributed by atoms with Crippen LogP contribution in [0.25, 0.3) is 0 Å². The van der Waals surface area contributed by atoms with Crippen LogP contribution in [0.3, 0.4) is 0 Å². The molecule has 0 unspecified atom stereocenters. The SMILES string of the molecule is Cc1ccc(N2CN(CCc3ccccc3)Cn3c2nc(C)c(Cc2ccccc2)c3=O)cc1C. The normalized spacial score (nSPS) is 13.6. The van der Waals surface area contributed by atoms with E-state index in [4.69, 9.17) is 4.98 Å². The lowest BCUT2D eigenvalue weighted by molar-refractivity contribution is 0.200. The van der Waals surface area contributed by atoms with E-state index in [0.717, 1.165) is 41.4 Å². The van der Waals surface area contributed by atoms with Crippen molar-refractivity contribution in [2.75, 3.05) is 18.1 Å². The summed E-state index contributed by atoms with van der Waals surface area (Å²) in [6, 6.07) is 27.2. The second-order valence-electron chi connectivity index (χ2n) is 9.48. The van der Waals surface area contributed by atoms with Crippen LogP contribution in [0.4, 0.5) is 11.6 Å². The van der Waals surface area contributed by atoms with Crippen molar-refractivity contribution >= 4 is 11.6 Å². The zero-order chi connectivity index (χ0) is 24.4. The molecule has 0 aliphatic carbocycles. The average molecular weight is 465 g/mol. The van der Waals surface area contributed by atoms with Gasteiger partial charge < -0.3 is 0 Å². The fourth-order valence-electron chi connectivity index (χ4n) is 4.70. The Morgan fingerprint density at radius 2 is 1.49 bits per heavy atom. The highest BCUT2D eigenvalue weighted by Gasteiger charge is 2.28. The number of hydrogen-bond donors (Lipinski definition) is 0. The molecule has 1 aromatic heterocycles. The first-order chi connectivity index (χ1) is 17.0. The zero-order valence-corrected chi connectivity index (χ0v) is 20.7. The highest BCUT2D eigenvalue weighted by molar-refractivity contribution is 5.60. The minimum absolute atomic E-state index is 0.0506. The number of aromatic nitrogens is 2. The minimum Gasteiger partial charge on any atom is -0.298 e. The van der Waals surface area contributed by atoms with E-state index in [0.29, 0.717) is 19.8 Å². The van der Waals surface area contributed by atoms with Gasteiger partial charge in [-0.2, -0.15) is 0 Å². The number of nitrogens with zero attached hydrogens (tertiary/aromatic N) is 4. The van der Waals surface area contributed by atoms with Crippen LogP contribution in [0.15, 0.2) is 83.7 Å². The summed E-state index contributed by atoms with van der Waals surface area (Å²) >= 11 is 0. The van der Waals surface area contributed by atoms with E-state index in [-0.39, 0.29) is 5.56 Å². The largest absolute Gasteiger partial charge is 0.298 e. The monoisotopic (exact) mass is 464 g/mol. The van der Waals surface area contributed by atoms with Gasteiger partial charge in [0.2, 0.25) is 5.95 Å². The first-order valence-corrected chi connectivity index (χ1v) is 12.2. The van der Waals surface area contributed by atoms with E-state index >= 15 is 0 Å². The molecule has 3 aromatic carbocycles. The van der Waals surface area contributed by atoms with Crippen molar-refractivity contribution in [2.45, 2.75) is 40.3 Å². The number of anilines is 2. The van der Waals surface area contributed by atoms with E-state index in [1.54, 1.807) is 0 Å². The maximum Gasteiger partial charge on any atom is 0.259 e. The Morgan fingerprint density at radius 1 is 0.800 bits per heavy atom. The van der Waals surface area contributed by atoms with Crippen molar-refractivity contribution in [2.24, 2.45) is 0 Å². The van der Waals surface area contributed by atoms with Crippen LogP contribution < -0.4 is 10.5 Å². The van der Waals surface area contributed by atoms with Crippen LogP contribution in [0.2, 0.25) is 0 Å². The van der Waals surface area contributed by atoms with E-state index in [1.165, 1.54) is 16.7 Å². The highest BCUT2D eigenvalue weighted by Crippen LogP contribution is 2.29. The van der Waals surface area contributed by atoms with Crippen molar-refractivity contribution in [1.82, 2.24) is 14.5 Å². The van der Waals surface area contributed by atoms with Gasteiger partial charge in [0.05, 0.1) is 19.0 Å². The summed E-state index contributed by atoms with van der Waals surface area (Å²) in [6.07, 6.45) is 1.52. The number of rotatable bonds is 6. The molecule has 0 atom stereocenters. The molecule has 2 heterocycles. The van der Waals surface area contributed by atoms with Gasteiger partial charge in [0.15, 0.2) is 0 Å². The third kappa shape index (κ3) is 4.91. The minimum atomic E-state index is 0.0506. The van der Waals surface area contributed by atoms with Crippen molar-refractivity contribution in [3.05, 3.63) is 123 Å². The van der Waals surface area contributed by atoms with Gasteiger partial charge in [0.1, 0.15) is 0 Å². The molecule has 0 N–H and O–H groups in total. The molecule has 5 nitrogen and oxygen atoms in total. The quantitative estimate of drug-likeness (QED) is 0.385. The Morgan fingerprint density at radius 3 is 2.17 bits per heavy atom. The van der Waals surface area contributed by atoms with Crippen LogP contribution in [0, 0.1) is 20.8 Å². The number of hydrogen-bond acceptors (Lipinski definition) is 4. The lowest BCUT2D eigenvalue weighted by atomic mass is 10.0. The molecule has 0 saturated carbocycles. The first kappa shape index (κ1) is 23.1. The number of aryl methyl sites for hydroxylation is 3. The third-order valence-corrected chi connectivity index (χ3v) is 6.96. The molecule has 1 aliphatic heterocycles. The molecule has 1 aliphatic rings. The van der Waals surface area contributed by atoms with Crippen molar-refractivity contribution in [3.63, 3.8) is 0 Å². The Balaban J connectivity index is 1.54. The topological polar surface area (TPSA) is 41.4 Å². The second-order valence-corrected chi connectivity index (χ2v) is 9.48. The lowest BCUT2D eigenvalue weighted by Gasteiger charge is -2.38. The molecule has 5 rings (SSSR count). The summed E-state index contributed by atoms with van der Waals surface area (Å²) < 4.78 is 1.86. The molecule has 178 valence electrons. The van der Waals surface area contributed by atoms with Gasteiger partial charge in [-0.05, 0) is 61.6 Å². The summed E-state index contributed by atoms with van der Waals surface area (Å²) in [5.41, 5.74) is 7.60. The zero-order valence-electron chi connectivity index (χ0n) is 20.7. The predicted molar refractivity (Wildman–Crippen MR) is 142 cm³/mol. The molecule has 0 fully saturated rings. The van der Waals surface area contributed by atoms with Gasteiger partial charge in [-0.1, -0.05) is 66.7 Å². The lowest BCUT2D eigenvalue weighted by Crippen LogP contribution is -2.48. The van der Waals surface area contributed by atoms with Crippen LogP contribution in [-0.2, 0) is 19.5 Å². The summed E-state index contributed by atoms with van der Waals surface area (Å²) in [4.78, 5) is 23.3. The first-order valence-electron chi connectivity index (χ1n) is 12.2. The number of benzene rings is 3. The Labute approximate surface area is 207 Å². The van der Waals surface area contributed by atoms with Gasteiger partial charge in [0.25, 0.3) is 5.56 Å². The molecule has 0 saturated heterocycles. The smallest absolute Gasteiger partial charge is 0.259 e. The fourth-order valence-corrected chi connectivity index (χ4v) is 4.70. The average Bonchev–Trinajstić information content (AvgIpc) is 2.88. The summed E-state index contributed by atoms with van der Waals surface area (Å²) in [5, 5.41) is 0. The Kier molecular flexibility index (Phi) is 6.51. The van der Waals surface area contributed by atoms with E-state index in [2.05, 4.69) is 78.2 Å². The van der Waals surface area contributed by atoms with Crippen LogP contribution in [-0.4, -0.2) is 27.7 Å². The molecular formula is C30H32N4O. The summed E-state index contributed by atoms with van der Waals surface area (Å²) in [7, 11) is 0. The van der Waals surface area contributed by atoms with Gasteiger partial charge in [-0.15, -0.1) is 0 Å². The van der Waals surface area contributed by atoms with Crippen molar-refractivity contribution < 1.29 is 0 Å². The molecule has 0 bridgehead atoms. The number of fused-ring (bicyclic) bond motifs is 1. The van der Waals surface area contributed by atoms with E-state index in [1.807, 2.05) is 35.8 Å². The van der Waals surface area contributed by atoms with Gasteiger partial charge in [-0.3, -0.25) is 19.2 Å². The summed E-state index contributed by atoms with van der Waals surface area (Å²) in [6.45, 7) is 8.31. The molecule has 35 heavy (non-hydrogen) atoms. The molecule has 0 radical (unpaired) electrons. The van der Waals surface area contributed by atoms with Gasteiger partial charge >= 0.3 is 0 Å². The Hall–Kier alpha value is -3.70. The van der Waals surface area contributed by atoms with Crippen LogP contribution in [0.5, 0.6) is 0 Å². The van der Waals surface area contributed by atoms with Crippen molar-refractivity contribution in [1.29, 1.82) is 0 Å². The molecule has 4 aromatic rings. The maximum absolute atomic E-state index is 13.8. The Bertz CT molecular complexity index is 1380. The van der Waals surface area contributed by atoms with E-state index < -0.39 is 0 Å². The third-order valence-electron chi connectivity index (χ3n) is 6.96.